The first-order valence-electron chi connectivity index (χ1n) is 5.12. The van der Waals surface area contributed by atoms with Gasteiger partial charge in [0, 0.05) is 12.3 Å². The van der Waals surface area contributed by atoms with Crippen LogP contribution in [0.25, 0.3) is 5.69 Å². The second kappa shape index (κ2) is 4.45. The Kier molecular flexibility index (Phi) is 3.01. The standard InChI is InChI=1S/C12H13FN2O/c1-9-10(5-6-16)8-14-15(9)12-4-2-3-11(13)7-12/h2-4,7-8,16H,5-6H2,1H3. The first-order valence-corrected chi connectivity index (χ1v) is 5.12. The van der Waals surface area contributed by atoms with Gasteiger partial charge in [-0.3, -0.25) is 0 Å². The second-order valence-electron chi connectivity index (χ2n) is 3.62. The first kappa shape index (κ1) is 10.8. The molecule has 0 aliphatic heterocycles. The van der Waals surface area contributed by atoms with Crippen molar-refractivity contribution in [3.8, 4) is 5.69 Å². The number of aliphatic hydroxyl groups is 1. The summed E-state index contributed by atoms with van der Waals surface area (Å²) in [6.07, 6.45) is 2.28. The lowest BCUT2D eigenvalue weighted by Crippen LogP contribution is -2.00. The van der Waals surface area contributed by atoms with Gasteiger partial charge in [-0.05, 0) is 37.1 Å². The van der Waals surface area contributed by atoms with Gasteiger partial charge in [0.15, 0.2) is 0 Å². The van der Waals surface area contributed by atoms with Gasteiger partial charge < -0.3 is 5.11 Å². The zero-order valence-corrected chi connectivity index (χ0v) is 9.02. The van der Waals surface area contributed by atoms with Crippen molar-refractivity contribution in [2.75, 3.05) is 6.61 Å². The van der Waals surface area contributed by atoms with Crippen LogP contribution in [0.4, 0.5) is 4.39 Å². The highest BCUT2D eigenvalue weighted by molar-refractivity contribution is 5.35. The van der Waals surface area contributed by atoms with E-state index in [-0.39, 0.29) is 12.4 Å². The fourth-order valence-corrected chi connectivity index (χ4v) is 1.68. The first-order chi connectivity index (χ1) is 7.72. The van der Waals surface area contributed by atoms with E-state index in [2.05, 4.69) is 5.10 Å². The molecule has 1 heterocycles. The van der Waals surface area contributed by atoms with E-state index in [9.17, 15) is 4.39 Å². The number of hydrogen-bond donors (Lipinski definition) is 1. The topological polar surface area (TPSA) is 38.1 Å². The summed E-state index contributed by atoms with van der Waals surface area (Å²) in [5.74, 6) is -0.281. The molecule has 2 rings (SSSR count). The largest absolute Gasteiger partial charge is 0.396 e. The smallest absolute Gasteiger partial charge is 0.125 e. The highest BCUT2D eigenvalue weighted by Gasteiger charge is 2.07. The maximum Gasteiger partial charge on any atom is 0.125 e. The number of aliphatic hydroxyl groups excluding tert-OH is 1. The van der Waals surface area contributed by atoms with Crippen molar-refractivity contribution in [1.29, 1.82) is 0 Å². The normalized spacial score (nSPS) is 10.7. The van der Waals surface area contributed by atoms with Gasteiger partial charge in [-0.1, -0.05) is 6.07 Å². The number of halogens is 1. The molecule has 0 saturated carbocycles. The van der Waals surface area contributed by atoms with Crippen LogP contribution in [0.15, 0.2) is 30.5 Å². The van der Waals surface area contributed by atoms with Crippen LogP contribution in [0, 0.1) is 12.7 Å². The third-order valence-electron chi connectivity index (χ3n) is 2.55. The number of benzene rings is 1. The highest BCUT2D eigenvalue weighted by atomic mass is 19.1. The van der Waals surface area contributed by atoms with Crippen LogP contribution >= 0.6 is 0 Å². The van der Waals surface area contributed by atoms with Crippen molar-refractivity contribution in [2.24, 2.45) is 0 Å². The molecule has 0 aliphatic carbocycles. The molecule has 0 atom stereocenters. The molecule has 0 radical (unpaired) electrons. The molecule has 2 aromatic rings. The minimum atomic E-state index is -0.281. The fourth-order valence-electron chi connectivity index (χ4n) is 1.68. The molecule has 1 aromatic carbocycles. The lowest BCUT2D eigenvalue weighted by molar-refractivity contribution is 0.299. The van der Waals surface area contributed by atoms with Gasteiger partial charge in [-0.25, -0.2) is 9.07 Å². The van der Waals surface area contributed by atoms with Crippen molar-refractivity contribution >= 4 is 0 Å². The maximum absolute atomic E-state index is 13.1. The summed E-state index contributed by atoms with van der Waals surface area (Å²) >= 11 is 0. The van der Waals surface area contributed by atoms with E-state index in [1.54, 1.807) is 23.0 Å². The van der Waals surface area contributed by atoms with E-state index in [1.807, 2.05) is 6.92 Å². The molecule has 0 unspecified atom stereocenters. The molecule has 16 heavy (non-hydrogen) atoms. The monoisotopic (exact) mass is 220 g/mol. The Balaban J connectivity index is 2.41. The SMILES string of the molecule is Cc1c(CCO)cnn1-c1cccc(F)c1. The molecule has 1 aromatic heterocycles. The Bertz CT molecular complexity index is 494. The van der Waals surface area contributed by atoms with E-state index >= 15 is 0 Å². The fraction of sp³-hybridized carbons (Fsp3) is 0.250. The average molecular weight is 220 g/mol. The predicted molar refractivity (Wildman–Crippen MR) is 59.0 cm³/mol. The van der Waals surface area contributed by atoms with E-state index in [0.717, 1.165) is 11.3 Å². The number of hydrogen-bond acceptors (Lipinski definition) is 2. The molecule has 0 bridgehead atoms. The highest BCUT2D eigenvalue weighted by Crippen LogP contribution is 2.15. The van der Waals surface area contributed by atoms with Gasteiger partial charge in [-0.15, -0.1) is 0 Å². The molecule has 0 spiro atoms. The second-order valence-corrected chi connectivity index (χ2v) is 3.62. The van der Waals surface area contributed by atoms with E-state index in [4.69, 9.17) is 5.11 Å². The maximum atomic E-state index is 13.1. The van der Waals surface area contributed by atoms with Crippen molar-refractivity contribution in [3.63, 3.8) is 0 Å². The Labute approximate surface area is 93.2 Å². The van der Waals surface area contributed by atoms with Crippen LogP contribution in [0.1, 0.15) is 11.3 Å². The van der Waals surface area contributed by atoms with Gasteiger partial charge in [0.25, 0.3) is 0 Å². The summed E-state index contributed by atoms with van der Waals surface area (Å²) < 4.78 is 14.7. The Hall–Kier alpha value is -1.68. The average Bonchev–Trinajstić information content (AvgIpc) is 2.61. The lowest BCUT2D eigenvalue weighted by Gasteiger charge is -2.05. The minimum absolute atomic E-state index is 0.0929. The van der Waals surface area contributed by atoms with Crippen molar-refractivity contribution < 1.29 is 9.50 Å². The summed E-state index contributed by atoms with van der Waals surface area (Å²) in [5, 5.41) is 13.1. The summed E-state index contributed by atoms with van der Waals surface area (Å²) in [5.41, 5.74) is 2.60. The van der Waals surface area contributed by atoms with Gasteiger partial charge >= 0.3 is 0 Å². The van der Waals surface area contributed by atoms with Gasteiger partial charge in [0.1, 0.15) is 5.82 Å². The summed E-state index contributed by atoms with van der Waals surface area (Å²) in [6, 6.07) is 6.28. The molecular weight excluding hydrogens is 207 g/mol. The van der Waals surface area contributed by atoms with Crippen LogP contribution < -0.4 is 0 Å². The van der Waals surface area contributed by atoms with E-state index in [0.29, 0.717) is 12.1 Å². The van der Waals surface area contributed by atoms with E-state index < -0.39 is 0 Å². The van der Waals surface area contributed by atoms with Crippen LogP contribution in [0.2, 0.25) is 0 Å². The van der Waals surface area contributed by atoms with Crippen LogP contribution in [-0.4, -0.2) is 21.5 Å². The molecule has 4 heteroatoms. The summed E-state index contributed by atoms with van der Waals surface area (Å²) in [6.45, 7) is 2.00. The Morgan fingerprint density at radius 3 is 2.94 bits per heavy atom. The van der Waals surface area contributed by atoms with Gasteiger partial charge in [0.2, 0.25) is 0 Å². The number of aromatic nitrogens is 2. The molecule has 84 valence electrons. The predicted octanol–water partition coefficient (Wildman–Crippen LogP) is 1.85. The summed E-state index contributed by atoms with van der Waals surface area (Å²) in [7, 11) is 0. The summed E-state index contributed by atoms with van der Waals surface area (Å²) in [4.78, 5) is 0. The Morgan fingerprint density at radius 2 is 2.25 bits per heavy atom. The van der Waals surface area contributed by atoms with Crippen LogP contribution in [-0.2, 0) is 6.42 Å². The Morgan fingerprint density at radius 1 is 1.44 bits per heavy atom. The van der Waals surface area contributed by atoms with Crippen LogP contribution in [0.5, 0.6) is 0 Å². The molecule has 0 amide bonds. The molecule has 0 aliphatic rings. The third-order valence-corrected chi connectivity index (χ3v) is 2.55. The third kappa shape index (κ3) is 1.97. The quantitative estimate of drug-likeness (QED) is 0.857. The van der Waals surface area contributed by atoms with Gasteiger partial charge in [-0.2, -0.15) is 5.10 Å². The van der Waals surface area contributed by atoms with Crippen LogP contribution in [0.3, 0.4) is 0 Å². The zero-order valence-electron chi connectivity index (χ0n) is 9.02. The number of nitrogens with zero attached hydrogens (tertiary/aromatic N) is 2. The van der Waals surface area contributed by atoms with Crippen molar-refractivity contribution in [2.45, 2.75) is 13.3 Å². The van der Waals surface area contributed by atoms with E-state index in [1.165, 1.54) is 12.1 Å². The van der Waals surface area contributed by atoms with Crippen molar-refractivity contribution in [3.05, 3.63) is 47.5 Å². The molecule has 1 N–H and O–H groups in total. The molecular formula is C12H13FN2O. The lowest BCUT2D eigenvalue weighted by atomic mass is 10.2. The number of rotatable bonds is 3. The van der Waals surface area contributed by atoms with Gasteiger partial charge in [0.05, 0.1) is 11.9 Å². The molecule has 0 saturated heterocycles. The molecule has 3 nitrogen and oxygen atoms in total. The molecule has 0 fully saturated rings. The van der Waals surface area contributed by atoms with Crippen molar-refractivity contribution in [1.82, 2.24) is 9.78 Å². The zero-order chi connectivity index (χ0) is 11.5. The minimum Gasteiger partial charge on any atom is -0.396 e.